The smallest absolute Gasteiger partial charge is 0.329 e. The van der Waals surface area contributed by atoms with E-state index in [-0.39, 0.29) is 32.5 Å². The number of aliphatic carboxylic acids is 1. The minimum absolute atomic E-state index is 0.127. The summed E-state index contributed by atoms with van der Waals surface area (Å²) in [6, 6.07) is 3.21. The normalized spacial score (nSPS) is 12.2. The molecule has 0 bridgehead atoms. The van der Waals surface area contributed by atoms with Crippen LogP contribution in [-0.4, -0.2) is 43.5 Å². The van der Waals surface area contributed by atoms with E-state index in [1.807, 2.05) is 0 Å². The first-order valence-corrected chi connectivity index (χ1v) is 6.54. The number of rotatable bonds is 6. The summed E-state index contributed by atoms with van der Waals surface area (Å²) in [6.07, 6.45) is 0. The van der Waals surface area contributed by atoms with Crippen LogP contribution in [0.2, 0.25) is 0 Å². The molecule has 0 spiro atoms. The highest BCUT2D eigenvalue weighted by molar-refractivity contribution is 9.10. The second kappa shape index (κ2) is 6.58. The molecular formula is C12H12BrNO6. The van der Waals surface area contributed by atoms with Gasteiger partial charge in [-0.25, -0.2) is 4.79 Å². The number of halogens is 1. The molecule has 1 aromatic carbocycles. The predicted molar refractivity (Wildman–Crippen MR) is 71.1 cm³/mol. The van der Waals surface area contributed by atoms with E-state index in [0.717, 1.165) is 0 Å². The molecule has 1 amide bonds. The molecule has 1 aliphatic rings. The number of benzene rings is 1. The Labute approximate surface area is 122 Å². The standard InChI is InChI=1S/C12H12BrNO6/c13-8-3-7(4-9-11(8)20-6-19-9)12(17)14-1-2-18-5-10(15)16/h3-4H,1-2,5-6H2,(H,14,17)(H,15,16). The van der Waals surface area contributed by atoms with Crippen molar-refractivity contribution in [3.05, 3.63) is 22.2 Å². The lowest BCUT2D eigenvalue weighted by Gasteiger charge is -2.07. The second-order valence-electron chi connectivity index (χ2n) is 3.89. The Balaban J connectivity index is 1.87. The van der Waals surface area contributed by atoms with Gasteiger partial charge in [0, 0.05) is 12.1 Å². The van der Waals surface area contributed by atoms with Crippen LogP contribution >= 0.6 is 15.9 Å². The van der Waals surface area contributed by atoms with Crippen molar-refractivity contribution in [2.24, 2.45) is 0 Å². The molecule has 0 radical (unpaired) electrons. The topological polar surface area (TPSA) is 94.1 Å². The average molecular weight is 346 g/mol. The van der Waals surface area contributed by atoms with Crippen LogP contribution in [0.1, 0.15) is 10.4 Å². The summed E-state index contributed by atoms with van der Waals surface area (Å²) in [4.78, 5) is 22.1. The van der Waals surface area contributed by atoms with Crippen molar-refractivity contribution < 1.29 is 28.9 Å². The van der Waals surface area contributed by atoms with E-state index >= 15 is 0 Å². The first-order valence-electron chi connectivity index (χ1n) is 5.75. The summed E-state index contributed by atoms with van der Waals surface area (Å²) in [6.45, 7) is 0.0927. The summed E-state index contributed by atoms with van der Waals surface area (Å²) in [5, 5.41) is 11.0. The molecule has 0 unspecified atom stereocenters. The zero-order valence-electron chi connectivity index (χ0n) is 10.3. The van der Waals surface area contributed by atoms with Gasteiger partial charge in [-0.2, -0.15) is 0 Å². The number of nitrogens with one attached hydrogen (secondary N) is 1. The summed E-state index contributed by atoms with van der Waals surface area (Å²) in [7, 11) is 0. The lowest BCUT2D eigenvalue weighted by atomic mass is 10.2. The van der Waals surface area contributed by atoms with Crippen LogP contribution in [-0.2, 0) is 9.53 Å². The van der Waals surface area contributed by atoms with Gasteiger partial charge in [-0.15, -0.1) is 0 Å². The Hall–Kier alpha value is -1.80. The number of ether oxygens (including phenoxy) is 3. The van der Waals surface area contributed by atoms with Crippen LogP contribution in [0.25, 0.3) is 0 Å². The second-order valence-corrected chi connectivity index (χ2v) is 4.75. The maximum atomic E-state index is 11.9. The average Bonchev–Trinajstić information content (AvgIpc) is 2.86. The van der Waals surface area contributed by atoms with E-state index in [4.69, 9.17) is 19.3 Å². The highest BCUT2D eigenvalue weighted by atomic mass is 79.9. The van der Waals surface area contributed by atoms with Crippen molar-refractivity contribution in [3.8, 4) is 11.5 Å². The number of carbonyl (C=O) groups excluding carboxylic acids is 1. The fraction of sp³-hybridized carbons (Fsp3) is 0.333. The van der Waals surface area contributed by atoms with Gasteiger partial charge in [0.25, 0.3) is 5.91 Å². The Morgan fingerprint density at radius 1 is 1.40 bits per heavy atom. The van der Waals surface area contributed by atoms with Gasteiger partial charge in [-0.1, -0.05) is 0 Å². The molecule has 1 aromatic rings. The van der Waals surface area contributed by atoms with Gasteiger partial charge in [-0.3, -0.25) is 4.79 Å². The number of carboxylic acid groups (broad SMARTS) is 1. The Morgan fingerprint density at radius 2 is 2.20 bits per heavy atom. The van der Waals surface area contributed by atoms with Gasteiger partial charge < -0.3 is 24.6 Å². The van der Waals surface area contributed by atoms with Crippen molar-refractivity contribution in [2.45, 2.75) is 0 Å². The van der Waals surface area contributed by atoms with Gasteiger partial charge in [-0.05, 0) is 28.1 Å². The largest absolute Gasteiger partial charge is 0.480 e. The number of amides is 1. The number of carboxylic acids is 1. The molecule has 1 aliphatic heterocycles. The molecule has 0 saturated heterocycles. The Morgan fingerprint density at radius 3 is 2.95 bits per heavy atom. The van der Waals surface area contributed by atoms with Crippen LogP contribution < -0.4 is 14.8 Å². The fourth-order valence-electron chi connectivity index (χ4n) is 1.60. The minimum atomic E-state index is -1.05. The highest BCUT2D eigenvalue weighted by Gasteiger charge is 2.20. The summed E-state index contributed by atoms with van der Waals surface area (Å²) < 4.78 is 15.9. The molecule has 8 heteroatoms. The molecule has 0 saturated carbocycles. The van der Waals surface area contributed by atoms with E-state index in [0.29, 0.717) is 21.5 Å². The van der Waals surface area contributed by atoms with Gasteiger partial charge in [0.2, 0.25) is 6.79 Å². The van der Waals surface area contributed by atoms with Crippen molar-refractivity contribution in [2.75, 3.05) is 26.6 Å². The summed E-state index contributed by atoms with van der Waals surface area (Å²) >= 11 is 3.30. The molecule has 2 N–H and O–H groups in total. The van der Waals surface area contributed by atoms with Crippen molar-refractivity contribution in [3.63, 3.8) is 0 Å². The van der Waals surface area contributed by atoms with Crippen LogP contribution in [0.5, 0.6) is 11.5 Å². The Kier molecular flexibility index (Phi) is 4.80. The first-order chi connectivity index (χ1) is 9.58. The molecule has 0 atom stereocenters. The zero-order chi connectivity index (χ0) is 14.5. The number of fused-ring (bicyclic) bond motifs is 1. The third-order valence-electron chi connectivity index (χ3n) is 2.45. The lowest BCUT2D eigenvalue weighted by molar-refractivity contribution is -0.142. The van der Waals surface area contributed by atoms with Crippen LogP contribution in [0.3, 0.4) is 0 Å². The van der Waals surface area contributed by atoms with Crippen molar-refractivity contribution >= 4 is 27.8 Å². The first kappa shape index (κ1) is 14.6. The van der Waals surface area contributed by atoms with E-state index in [1.54, 1.807) is 12.1 Å². The quantitative estimate of drug-likeness (QED) is 0.747. The lowest BCUT2D eigenvalue weighted by Crippen LogP contribution is -2.27. The molecular weight excluding hydrogens is 334 g/mol. The molecule has 0 aromatic heterocycles. The molecule has 1 heterocycles. The maximum absolute atomic E-state index is 11.9. The van der Waals surface area contributed by atoms with E-state index in [1.165, 1.54) is 0 Å². The molecule has 7 nitrogen and oxygen atoms in total. The van der Waals surface area contributed by atoms with Crippen molar-refractivity contribution in [1.29, 1.82) is 0 Å². The van der Waals surface area contributed by atoms with E-state index < -0.39 is 5.97 Å². The van der Waals surface area contributed by atoms with Gasteiger partial charge in [0.05, 0.1) is 11.1 Å². The van der Waals surface area contributed by atoms with Crippen molar-refractivity contribution in [1.82, 2.24) is 5.32 Å². The maximum Gasteiger partial charge on any atom is 0.329 e. The van der Waals surface area contributed by atoms with E-state index in [9.17, 15) is 9.59 Å². The molecule has 2 rings (SSSR count). The van der Waals surface area contributed by atoms with Gasteiger partial charge >= 0.3 is 5.97 Å². The molecule has 0 fully saturated rings. The third-order valence-corrected chi connectivity index (χ3v) is 3.04. The summed E-state index contributed by atoms with van der Waals surface area (Å²) in [5.74, 6) is -0.267. The molecule has 108 valence electrons. The van der Waals surface area contributed by atoms with Crippen LogP contribution in [0.4, 0.5) is 0 Å². The monoisotopic (exact) mass is 345 g/mol. The van der Waals surface area contributed by atoms with Gasteiger partial charge in [0.15, 0.2) is 11.5 Å². The highest BCUT2D eigenvalue weighted by Crippen LogP contribution is 2.39. The van der Waals surface area contributed by atoms with Crippen LogP contribution in [0.15, 0.2) is 16.6 Å². The number of carbonyl (C=O) groups is 2. The fourth-order valence-corrected chi connectivity index (χ4v) is 2.15. The SMILES string of the molecule is O=C(O)COCCNC(=O)c1cc(Br)c2c(c1)OCO2. The summed E-state index contributed by atoms with van der Waals surface area (Å²) in [5.41, 5.74) is 0.416. The van der Waals surface area contributed by atoms with E-state index in [2.05, 4.69) is 21.2 Å². The van der Waals surface area contributed by atoms with Crippen LogP contribution in [0, 0.1) is 0 Å². The predicted octanol–water partition coefficient (Wildman–Crippen LogP) is 1.01. The number of hydrogen-bond donors (Lipinski definition) is 2. The third kappa shape index (κ3) is 3.61. The minimum Gasteiger partial charge on any atom is -0.480 e. The molecule has 0 aliphatic carbocycles. The zero-order valence-corrected chi connectivity index (χ0v) is 11.9. The number of hydrogen-bond acceptors (Lipinski definition) is 5. The molecule has 20 heavy (non-hydrogen) atoms. The Bertz CT molecular complexity index is 533. The van der Waals surface area contributed by atoms with Gasteiger partial charge in [0.1, 0.15) is 6.61 Å².